The van der Waals surface area contributed by atoms with Crippen molar-refractivity contribution >= 4 is 36.3 Å². The van der Waals surface area contributed by atoms with Gasteiger partial charge in [-0.25, -0.2) is 4.68 Å². The zero-order chi connectivity index (χ0) is 12.0. The fraction of sp³-hybridized carbons (Fsp3) is 0.462. The number of allylic oxidation sites excluding steroid dienone is 1. The summed E-state index contributed by atoms with van der Waals surface area (Å²) in [4.78, 5) is 0. The van der Waals surface area contributed by atoms with Crippen molar-refractivity contribution in [2.45, 2.75) is 40.5 Å². The standard InChI is InChI=1S/C11H16N2.C2H6.HI/c1-8(2)10-6-7-11(9(3)4)13(10)12-5;1-2;/h6-7,9H,1,5H2,2-4H3;1-2H3;1H. The van der Waals surface area contributed by atoms with Gasteiger partial charge >= 0.3 is 0 Å². The van der Waals surface area contributed by atoms with Gasteiger partial charge in [0, 0.05) is 12.4 Å². The summed E-state index contributed by atoms with van der Waals surface area (Å²) in [6, 6.07) is 4.11. The van der Waals surface area contributed by atoms with E-state index in [1.54, 1.807) is 0 Å². The van der Waals surface area contributed by atoms with Crippen LogP contribution in [-0.4, -0.2) is 11.4 Å². The van der Waals surface area contributed by atoms with E-state index in [-0.39, 0.29) is 24.0 Å². The highest BCUT2D eigenvalue weighted by Crippen LogP contribution is 2.22. The van der Waals surface area contributed by atoms with Crippen molar-refractivity contribution in [1.29, 1.82) is 0 Å². The lowest BCUT2D eigenvalue weighted by molar-refractivity contribution is 0.725. The van der Waals surface area contributed by atoms with E-state index in [4.69, 9.17) is 0 Å². The second-order valence-corrected chi connectivity index (χ2v) is 3.53. The fourth-order valence-electron chi connectivity index (χ4n) is 1.36. The smallest absolute Gasteiger partial charge is 0.0672 e. The first-order valence-electron chi connectivity index (χ1n) is 5.42. The summed E-state index contributed by atoms with van der Waals surface area (Å²) in [5, 5.41) is 3.98. The van der Waals surface area contributed by atoms with E-state index < -0.39 is 0 Å². The van der Waals surface area contributed by atoms with Crippen molar-refractivity contribution in [3.05, 3.63) is 30.1 Å². The lowest BCUT2D eigenvalue weighted by atomic mass is 10.1. The van der Waals surface area contributed by atoms with Crippen molar-refractivity contribution < 1.29 is 0 Å². The van der Waals surface area contributed by atoms with E-state index in [0.29, 0.717) is 5.92 Å². The molecule has 0 aliphatic heterocycles. The number of hydrogen-bond acceptors (Lipinski definition) is 1. The monoisotopic (exact) mass is 334 g/mol. The summed E-state index contributed by atoms with van der Waals surface area (Å²) in [7, 11) is 0. The maximum absolute atomic E-state index is 3.98. The maximum atomic E-state index is 3.98. The number of hydrogen-bond donors (Lipinski definition) is 0. The molecule has 0 saturated heterocycles. The molecule has 0 amide bonds. The molecule has 0 bridgehead atoms. The first-order chi connectivity index (χ1) is 7.07. The molecule has 1 aromatic heterocycles. The van der Waals surface area contributed by atoms with Crippen LogP contribution in [0.1, 0.15) is 51.9 Å². The van der Waals surface area contributed by atoms with Crippen molar-refractivity contribution in [2.24, 2.45) is 5.10 Å². The van der Waals surface area contributed by atoms with Gasteiger partial charge in [0.2, 0.25) is 0 Å². The minimum atomic E-state index is 0. The van der Waals surface area contributed by atoms with Gasteiger partial charge in [0.1, 0.15) is 0 Å². The average molecular weight is 334 g/mol. The lowest BCUT2D eigenvalue weighted by Gasteiger charge is -2.09. The minimum absolute atomic E-state index is 0. The summed E-state index contributed by atoms with van der Waals surface area (Å²) < 4.78 is 1.85. The van der Waals surface area contributed by atoms with Gasteiger partial charge in [0.15, 0.2) is 0 Å². The predicted octanol–water partition coefficient (Wildman–Crippen LogP) is 4.75. The van der Waals surface area contributed by atoms with Crippen LogP contribution in [0.5, 0.6) is 0 Å². The van der Waals surface area contributed by atoms with Crippen LogP contribution >= 0.6 is 24.0 Å². The predicted molar refractivity (Wildman–Crippen MR) is 84.9 cm³/mol. The fourth-order valence-corrected chi connectivity index (χ4v) is 1.36. The molecule has 16 heavy (non-hydrogen) atoms. The van der Waals surface area contributed by atoms with Gasteiger partial charge in [-0.05, 0) is 30.5 Å². The molecule has 0 aliphatic carbocycles. The molecule has 1 heterocycles. The molecular formula is C13H23IN2. The summed E-state index contributed by atoms with van der Waals surface area (Å²) in [5.41, 5.74) is 3.23. The van der Waals surface area contributed by atoms with E-state index in [0.717, 1.165) is 11.3 Å². The molecule has 0 unspecified atom stereocenters. The van der Waals surface area contributed by atoms with Gasteiger partial charge in [-0.3, -0.25) is 0 Å². The Morgan fingerprint density at radius 3 is 2.12 bits per heavy atom. The Labute approximate surface area is 116 Å². The largest absolute Gasteiger partial charge is 0.238 e. The number of aromatic nitrogens is 1. The second-order valence-electron chi connectivity index (χ2n) is 3.53. The molecule has 92 valence electrons. The lowest BCUT2D eigenvalue weighted by Crippen LogP contribution is -2.00. The molecule has 0 aromatic carbocycles. The van der Waals surface area contributed by atoms with Crippen LogP contribution in [-0.2, 0) is 0 Å². The maximum Gasteiger partial charge on any atom is 0.0672 e. The summed E-state index contributed by atoms with van der Waals surface area (Å²) in [6.45, 7) is 17.7. The molecule has 0 radical (unpaired) electrons. The Morgan fingerprint density at radius 1 is 1.31 bits per heavy atom. The van der Waals surface area contributed by atoms with Crippen molar-refractivity contribution in [3.8, 4) is 0 Å². The Bertz CT molecular complexity index is 338. The van der Waals surface area contributed by atoms with Crippen LogP contribution in [0.15, 0.2) is 23.8 Å². The first kappa shape index (κ1) is 17.8. The molecule has 1 aromatic rings. The third-order valence-electron chi connectivity index (χ3n) is 2.05. The van der Waals surface area contributed by atoms with Crippen molar-refractivity contribution in [1.82, 2.24) is 4.68 Å². The van der Waals surface area contributed by atoms with Gasteiger partial charge in [-0.15, -0.1) is 24.0 Å². The normalized spacial score (nSPS) is 8.88. The third-order valence-corrected chi connectivity index (χ3v) is 2.05. The van der Waals surface area contributed by atoms with Crippen LogP contribution in [0.25, 0.3) is 5.57 Å². The average Bonchev–Trinajstić information content (AvgIpc) is 2.64. The first-order valence-corrected chi connectivity index (χ1v) is 5.42. The summed E-state index contributed by atoms with van der Waals surface area (Å²) in [5.74, 6) is 0.457. The van der Waals surface area contributed by atoms with Crippen LogP contribution < -0.4 is 0 Å². The molecular weight excluding hydrogens is 311 g/mol. The second kappa shape index (κ2) is 8.56. The Hall–Kier alpha value is -0.580. The summed E-state index contributed by atoms with van der Waals surface area (Å²) >= 11 is 0. The Balaban J connectivity index is 0. The van der Waals surface area contributed by atoms with Crippen LogP contribution in [0, 0.1) is 0 Å². The van der Waals surface area contributed by atoms with E-state index in [1.165, 1.54) is 5.69 Å². The Kier molecular flexibility index (Phi) is 9.52. The topological polar surface area (TPSA) is 17.3 Å². The molecule has 0 saturated carbocycles. The zero-order valence-electron chi connectivity index (χ0n) is 10.9. The summed E-state index contributed by atoms with van der Waals surface area (Å²) in [6.07, 6.45) is 0. The highest BCUT2D eigenvalue weighted by molar-refractivity contribution is 14.0. The molecule has 3 heteroatoms. The SMILES string of the molecule is C=Nn1c(C(=C)C)ccc1C(C)C.CC.I. The van der Waals surface area contributed by atoms with Gasteiger partial charge in [-0.1, -0.05) is 34.3 Å². The Morgan fingerprint density at radius 2 is 1.81 bits per heavy atom. The van der Waals surface area contributed by atoms with Gasteiger partial charge in [0.25, 0.3) is 0 Å². The van der Waals surface area contributed by atoms with E-state index >= 15 is 0 Å². The van der Waals surface area contributed by atoms with Crippen LogP contribution in [0.4, 0.5) is 0 Å². The van der Waals surface area contributed by atoms with Crippen LogP contribution in [0.3, 0.4) is 0 Å². The highest BCUT2D eigenvalue weighted by Gasteiger charge is 2.09. The molecule has 2 nitrogen and oxygen atoms in total. The van der Waals surface area contributed by atoms with Gasteiger partial charge < -0.3 is 0 Å². The quantitative estimate of drug-likeness (QED) is 0.561. The van der Waals surface area contributed by atoms with Crippen molar-refractivity contribution in [2.75, 3.05) is 0 Å². The molecule has 0 N–H and O–H groups in total. The molecule has 1 rings (SSSR count). The minimum Gasteiger partial charge on any atom is -0.238 e. The highest BCUT2D eigenvalue weighted by atomic mass is 127. The van der Waals surface area contributed by atoms with Crippen molar-refractivity contribution in [3.63, 3.8) is 0 Å². The number of nitrogens with zero attached hydrogens (tertiary/aromatic N) is 2. The zero-order valence-corrected chi connectivity index (χ0v) is 13.3. The molecule has 0 aliphatic rings. The number of halogens is 1. The van der Waals surface area contributed by atoms with Crippen LogP contribution in [0.2, 0.25) is 0 Å². The third kappa shape index (κ3) is 4.12. The van der Waals surface area contributed by atoms with Gasteiger partial charge in [-0.2, -0.15) is 5.10 Å². The molecule has 0 atom stereocenters. The van der Waals surface area contributed by atoms with E-state index in [1.807, 2.05) is 31.5 Å². The molecule has 0 fully saturated rings. The van der Waals surface area contributed by atoms with E-state index in [9.17, 15) is 0 Å². The number of rotatable bonds is 3. The van der Waals surface area contributed by atoms with E-state index in [2.05, 4.69) is 38.3 Å². The van der Waals surface area contributed by atoms with Gasteiger partial charge in [0.05, 0.1) is 5.69 Å². The molecule has 0 spiro atoms.